The number of carbonyl (C=O) groups is 2. The first kappa shape index (κ1) is 24.5. The SMILES string of the molecule is CNC(=O)[C@@](C)(CCC1CCCCC1)C[C@H]1CCC[C@H](NCCCN2CCCC2=O)C1. The lowest BCUT2D eigenvalue weighted by Gasteiger charge is -2.37. The summed E-state index contributed by atoms with van der Waals surface area (Å²) in [5.41, 5.74) is -0.227. The van der Waals surface area contributed by atoms with E-state index in [1.54, 1.807) is 7.05 Å². The Balaban J connectivity index is 1.43. The molecular formula is C26H47N3O2. The zero-order valence-corrected chi connectivity index (χ0v) is 20.2. The molecule has 2 N–H and O–H groups in total. The lowest BCUT2D eigenvalue weighted by molar-refractivity contribution is -0.131. The number of rotatable bonds is 11. The molecule has 5 heteroatoms. The van der Waals surface area contributed by atoms with E-state index < -0.39 is 0 Å². The number of amides is 2. The van der Waals surface area contributed by atoms with E-state index in [9.17, 15) is 9.59 Å². The van der Waals surface area contributed by atoms with Gasteiger partial charge in [-0.25, -0.2) is 0 Å². The smallest absolute Gasteiger partial charge is 0.225 e. The van der Waals surface area contributed by atoms with Crippen molar-refractivity contribution in [3.8, 4) is 0 Å². The third kappa shape index (κ3) is 7.47. The average Bonchev–Trinajstić information content (AvgIpc) is 3.20. The fourth-order valence-electron chi connectivity index (χ4n) is 6.42. The van der Waals surface area contributed by atoms with Gasteiger partial charge >= 0.3 is 0 Å². The highest BCUT2D eigenvalue weighted by Gasteiger charge is 2.37. The summed E-state index contributed by atoms with van der Waals surface area (Å²) in [6.45, 7) is 5.06. The second-order valence-electron chi connectivity index (χ2n) is 10.9. The molecule has 3 rings (SSSR count). The van der Waals surface area contributed by atoms with Crippen LogP contribution in [0.5, 0.6) is 0 Å². The van der Waals surface area contributed by atoms with Gasteiger partial charge in [-0.3, -0.25) is 9.59 Å². The molecule has 0 aromatic carbocycles. The topological polar surface area (TPSA) is 61.4 Å². The van der Waals surface area contributed by atoms with Gasteiger partial charge < -0.3 is 15.5 Å². The van der Waals surface area contributed by atoms with E-state index in [1.165, 1.54) is 64.2 Å². The Morgan fingerprint density at radius 1 is 1.06 bits per heavy atom. The summed E-state index contributed by atoms with van der Waals surface area (Å²) in [5.74, 6) is 2.05. The van der Waals surface area contributed by atoms with E-state index in [0.29, 0.717) is 17.9 Å². The van der Waals surface area contributed by atoms with Crippen molar-refractivity contribution >= 4 is 11.8 Å². The summed E-state index contributed by atoms with van der Waals surface area (Å²) in [5, 5.41) is 6.74. The molecule has 31 heavy (non-hydrogen) atoms. The predicted molar refractivity (Wildman–Crippen MR) is 127 cm³/mol. The minimum atomic E-state index is -0.227. The second kappa shape index (κ2) is 12.2. The van der Waals surface area contributed by atoms with Crippen LogP contribution in [-0.2, 0) is 9.59 Å². The van der Waals surface area contributed by atoms with Crippen LogP contribution in [0.25, 0.3) is 0 Å². The second-order valence-corrected chi connectivity index (χ2v) is 10.9. The van der Waals surface area contributed by atoms with E-state index >= 15 is 0 Å². The van der Waals surface area contributed by atoms with Gasteiger partial charge in [0.25, 0.3) is 0 Å². The molecule has 0 bridgehead atoms. The molecule has 3 fully saturated rings. The van der Waals surface area contributed by atoms with E-state index in [4.69, 9.17) is 0 Å². The highest BCUT2D eigenvalue weighted by molar-refractivity contribution is 5.81. The third-order valence-electron chi connectivity index (χ3n) is 8.34. The number of nitrogens with one attached hydrogen (secondary N) is 2. The lowest BCUT2D eigenvalue weighted by atomic mass is 9.70. The van der Waals surface area contributed by atoms with Crippen LogP contribution in [0.3, 0.4) is 0 Å². The molecule has 2 saturated carbocycles. The van der Waals surface area contributed by atoms with Crippen molar-refractivity contribution in [2.75, 3.05) is 26.7 Å². The first-order valence-electron chi connectivity index (χ1n) is 13.2. The van der Waals surface area contributed by atoms with Crippen molar-refractivity contribution in [1.29, 1.82) is 0 Å². The van der Waals surface area contributed by atoms with Crippen molar-refractivity contribution in [3.05, 3.63) is 0 Å². The van der Waals surface area contributed by atoms with E-state index in [2.05, 4.69) is 17.6 Å². The maximum absolute atomic E-state index is 12.9. The molecular weight excluding hydrogens is 386 g/mol. The first-order chi connectivity index (χ1) is 15.0. The Bertz CT molecular complexity index is 575. The van der Waals surface area contributed by atoms with Gasteiger partial charge in [0, 0.05) is 38.0 Å². The highest BCUT2D eigenvalue weighted by atomic mass is 16.2. The minimum Gasteiger partial charge on any atom is -0.359 e. The van der Waals surface area contributed by atoms with Crippen LogP contribution in [0.15, 0.2) is 0 Å². The molecule has 0 aromatic heterocycles. The van der Waals surface area contributed by atoms with E-state index in [1.807, 2.05) is 4.90 Å². The van der Waals surface area contributed by atoms with Gasteiger partial charge in [-0.2, -0.15) is 0 Å². The van der Waals surface area contributed by atoms with Crippen molar-refractivity contribution in [2.45, 2.75) is 109 Å². The number of likely N-dealkylation sites (tertiary alicyclic amines) is 1. The summed E-state index contributed by atoms with van der Waals surface area (Å²) >= 11 is 0. The van der Waals surface area contributed by atoms with Crippen LogP contribution < -0.4 is 10.6 Å². The number of carbonyl (C=O) groups excluding carboxylic acids is 2. The largest absolute Gasteiger partial charge is 0.359 e. The van der Waals surface area contributed by atoms with Gasteiger partial charge in [0.15, 0.2) is 0 Å². The predicted octanol–water partition coefficient (Wildman–Crippen LogP) is 4.65. The van der Waals surface area contributed by atoms with Gasteiger partial charge in [0.2, 0.25) is 11.8 Å². The summed E-state index contributed by atoms with van der Waals surface area (Å²) in [4.78, 5) is 26.6. The van der Waals surface area contributed by atoms with Gasteiger partial charge in [0.05, 0.1) is 0 Å². The number of hydrogen-bond acceptors (Lipinski definition) is 3. The molecule has 0 aromatic rings. The molecule has 0 unspecified atom stereocenters. The monoisotopic (exact) mass is 433 g/mol. The molecule has 178 valence electrons. The fraction of sp³-hybridized carbons (Fsp3) is 0.923. The molecule has 1 saturated heterocycles. The lowest BCUT2D eigenvalue weighted by Crippen LogP contribution is -2.41. The fourth-order valence-corrected chi connectivity index (χ4v) is 6.42. The highest BCUT2D eigenvalue weighted by Crippen LogP contribution is 2.40. The summed E-state index contributed by atoms with van der Waals surface area (Å²) < 4.78 is 0. The van der Waals surface area contributed by atoms with Crippen LogP contribution in [0.2, 0.25) is 0 Å². The van der Waals surface area contributed by atoms with Crippen LogP contribution in [0, 0.1) is 17.3 Å². The van der Waals surface area contributed by atoms with Gasteiger partial charge in [-0.15, -0.1) is 0 Å². The minimum absolute atomic E-state index is 0.227. The van der Waals surface area contributed by atoms with Gasteiger partial charge in [0.1, 0.15) is 0 Å². The molecule has 3 aliphatic rings. The summed E-state index contributed by atoms with van der Waals surface area (Å²) in [6.07, 6.45) is 17.9. The Hall–Kier alpha value is -1.10. The molecule has 5 nitrogen and oxygen atoms in total. The Kier molecular flexibility index (Phi) is 9.68. The summed E-state index contributed by atoms with van der Waals surface area (Å²) in [7, 11) is 1.80. The maximum atomic E-state index is 12.9. The molecule has 1 aliphatic heterocycles. The molecule has 2 amide bonds. The zero-order chi connectivity index (χ0) is 22.1. The molecule has 1 heterocycles. The van der Waals surface area contributed by atoms with Crippen molar-refractivity contribution in [1.82, 2.24) is 15.5 Å². The van der Waals surface area contributed by atoms with E-state index in [-0.39, 0.29) is 11.3 Å². The number of hydrogen-bond donors (Lipinski definition) is 2. The van der Waals surface area contributed by atoms with Crippen molar-refractivity contribution in [3.63, 3.8) is 0 Å². The molecule has 0 radical (unpaired) electrons. The van der Waals surface area contributed by atoms with Crippen LogP contribution in [-0.4, -0.2) is 49.4 Å². The van der Waals surface area contributed by atoms with E-state index in [0.717, 1.165) is 57.7 Å². The van der Waals surface area contributed by atoms with Gasteiger partial charge in [-0.05, 0) is 63.3 Å². The van der Waals surface area contributed by atoms with Crippen molar-refractivity contribution < 1.29 is 9.59 Å². The van der Waals surface area contributed by atoms with Crippen LogP contribution in [0.4, 0.5) is 0 Å². The normalized spacial score (nSPS) is 27.3. The quantitative estimate of drug-likeness (QED) is 0.466. The zero-order valence-electron chi connectivity index (χ0n) is 20.2. The maximum Gasteiger partial charge on any atom is 0.225 e. The van der Waals surface area contributed by atoms with Crippen LogP contribution >= 0.6 is 0 Å². The summed E-state index contributed by atoms with van der Waals surface area (Å²) in [6, 6.07) is 0.570. The molecule has 2 aliphatic carbocycles. The average molecular weight is 434 g/mol. The Morgan fingerprint density at radius 2 is 1.84 bits per heavy atom. The van der Waals surface area contributed by atoms with Gasteiger partial charge in [-0.1, -0.05) is 51.9 Å². The molecule has 0 spiro atoms. The Morgan fingerprint density at radius 3 is 2.55 bits per heavy atom. The van der Waals surface area contributed by atoms with Crippen molar-refractivity contribution in [2.24, 2.45) is 17.3 Å². The van der Waals surface area contributed by atoms with Crippen LogP contribution in [0.1, 0.15) is 103 Å². The number of nitrogens with zero attached hydrogens (tertiary/aromatic N) is 1. The standard InChI is InChI=1S/C26H47N3O2/c1-26(25(31)27-2,15-14-21-9-4-3-5-10-21)20-22-11-6-12-23(19-22)28-16-8-18-29-17-7-13-24(29)30/h21-23,28H,3-20H2,1-2H3,(H,27,31)/t22-,23-,26-/m0/s1. The Labute approximate surface area is 190 Å². The first-order valence-corrected chi connectivity index (χ1v) is 13.2. The molecule has 3 atom stereocenters. The third-order valence-corrected chi connectivity index (χ3v) is 8.34.